The minimum absolute atomic E-state index is 0.673. The summed E-state index contributed by atoms with van der Waals surface area (Å²) in [5.74, 6) is 1.75. The van der Waals surface area contributed by atoms with Gasteiger partial charge in [-0.15, -0.1) is 0 Å². The molecule has 90 valence electrons. The van der Waals surface area contributed by atoms with Gasteiger partial charge in [-0.2, -0.15) is 0 Å². The van der Waals surface area contributed by atoms with Crippen molar-refractivity contribution in [3.8, 4) is 5.75 Å². The van der Waals surface area contributed by atoms with E-state index >= 15 is 0 Å². The van der Waals surface area contributed by atoms with Gasteiger partial charge in [0.1, 0.15) is 5.75 Å². The van der Waals surface area contributed by atoms with Gasteiger partial charge in [0.25, 0.3) is 0 Å². The molecule has 0 saturated heterocycles. The summed E-state index contributed by atoms with van der Waals surface area (Å²) in [7, 11) is 0. The Hall–Kier alpha value is -1.02. The third kappa shape index (κ3) is 4.67. The lowest BCUT2D eigenvalue weighted by molar-refractivity contribution is 0.295. The van der Waals surface area contributed by atoms with Gasteiger partial charge in [-0.25, -0.2) is 0 Å². The van der Waals surface area contributed by atoms with Gasteiger partial charge >= 0.3 is 0 Å². The quantitative estimate of drug-likeness (QED) is 0.718. The summed E-state index contributed by atoms with van der Waals surface area (Å²) in [5, 5.41) is 0. The number of para-hydroxylation sites is 1. The first kappa shape index (κ1) is 13.0. The molecule has 0 bridgehead atoms. The van der Waals surface area contributed by atoms with Crippen LogP contribution >= 0.6 is 0 Å². The molecule has 0 heterocycles. The Kier molecular flexibility index (Phi) is 5.94. The topological polar surface area (TPSA) is 35.2 Å². The lowest BCUT2D eigenvalue weighted by Crippen LogP contribution is -2.06. The van der Waals surface area contributed by atoms with Gasteiger partial charge in [0.05, 0.1) is 6.61 Å². The van der Waals surface area contributed by atoms with Crippen LogP contribution in [0, 0.1) is 5.92 Å². The molecule has 0 unspecified atom stereocenters. The van der Waals surface area contributed by atoms with Gasteiger partial charge in [-0.3, -0.25) is 0 Å². The molecule has 0 spiro atoms. The molecule has 16 heavy (non-hydrogen) atoms. The van der Waals surface area contributed by atoms with E-state index in [1.807, 2.05) is 18.2 Å². The minimum atomic E-state index is 0.673. The highest BCUT2D eigenvalue weighted by atomic mass is 16.5. The van der Waals surface area contributed by atoms with Gasteiger partial charge in [-0.1, -0.05) is 32.0 Å². The SMILES string of the molecule is CC(C)CCCOc1ccccc1CCN. The predicted octanol–water partition coefficient (Wildman–Crippen LogP) is 3.00. The monoisotopic (exact) mass is 221 g/mol. The number of nitrogens with two attached hydrogens (primary N) is 1. The molecule has 0 fully saturated rings. The maximum absolute atomic E-state index is 5.78. The van der Waals surface area contributed by atoms with Crippen LogP contribution in [-0.2, 0) is 6.42 Å². The van der Waals surface area contributed by atoms with Crippen LogP contribution in [0.2, 0.25) is 0 Å². The van der Waals surface area contributed by atoms with E-state index in [0.29, 0.717) is 6.54 Å². The Bertz CT molecular complexity index is 297. The third-order valence-electron chi connectivity index (χ3n) is 2.57. The largest absolute Gasteiger partial charge is 0.493 e. The van der Waals surface area contributed by atoms with Crippen LogP contribution in [0.15, 0.2) is 24.3 Å². The molecule has 1 rings (SSSR count). The molecule has 2 N–H and O–H groups in total. The number of hydrogen-bond acceptors (Lipinski definition) is 2. The molecule has 0 aromatic heterocycles. The van der Waals surface area contributed by atoms with E-state index in [4.69, 9.17) is 10.5 Å². The van der Waals surface area contributed by atoms with Crippen molar-refractivity contribution in [1.29, 1.82) is 0 Å². The molecule has 2 heteroatoms. The standard InChI is InChI=1S/C14H23NO/c1-12(2)6-5-11-16-14-8-4-3-7-13(14)9-10-15/h3-4,7-8,12H,5-6,9-11,15H2,1-2H3. The highest BCUT2D eigenvalue weighted by Gasteiger charge is 2.02. The van der Waals surface area contributed by atoms with E-state index in [1.165, 1.54) is 12.0 Å². The van der Waals surface area contributed by atoms with Crippen molar-refractivity contribution in [2.75, 3.05) is 13.2 Å². The van der Waals surface area contributed by atoms with E-state index in [2.05, 4.69) is 19.9 Å². The summed E-state index contributed by atoms with van der Waals surface area (Å²) in [4.78, 5) is 0. The normalized spacial score (nSPS) is 10.8. The fraction of sp³-hybridized carbons (Fsp3) is 0.571. The van der Waals surface area contributed by atoms with Gasteiger partial charge in [0.2, 0.25) is 0 Å². The second-order valence-electron chi connectivity index (χ2n) is 4.53. The summed E-state index contributed by atoms with van der Waals surface area (Å²) in [6.45, 7) is 5.96. The van der Waals surface area contributed by atoms with Crippen LogP contribution in [0.3, 0.4) is 0 Å². The molecule has 0 aliphatic carbocycles. The van der Waals surface area contributed by atoms with E-state index in [0.717, 1.165) is 31.1 Å². The van der Waals surface area contributed by atoms with Crippen molar-refractivity contribution in [2.45, 2.75) is 33.1 Å². The van der Waals surface area contributed by atoms with Crippen molar-refractivity contribution < 1.29 is 4.74 Å². The fourth-order valence-corrected chi connectivity index (χ4v) is 1.68. The first-order chi connectivity index (χ1) is 7.74. The maximum Gasteiger partial charge on any atom is 0.122 e. The summed E-state index contributed by atoms with van der Waals surface area (Å²) in [6, 6.07) is 8.16. The van der Waals surface area contributed by atoms with Crippen LogP contribution < -0.4 is 10.5 Å². The van der Waals surface area contributed by atoms with E-state index in [1.54, 1.807) is 0 Å². The molecule has 1 aromatic rings. The lowest BCUT2D eigenvalue weighted by Gasteiger charge is -2.11. The molecule has 0 radical (unpaired) electrons. The van der Waals surface area contributed by atoms with Crippen LogP contribution in [0.25, 0.3) is 0 Å². The zero-order valence-corrected chi connectivity index (χ0v) is 10.4. The Balaban J connectivity index is 2.40. The minimum Gasteiger partial charge on any atom is -0.493 e. The lowest BCUT2D eigenvalue weighted by atomic mass is 10.1. The van der Waals surface area contributed by atoms with Crippen LogP contribution in [0.4, 0.5) is 0 Å². The molecule has 0 aliphatic rings. The average Bonchev–Trinajstić information content (AvgIpc) is 2.26. The fourth-order valence-electron chi connectivity index (χ4n) is 1.68. The van der Waals surface area contributed by atoms with Gasteiger partial charge < -0.3 is 10.5 Å². The molecule has 0 aliphatic heterocycles. The Morgan fingerprint density at radius 1 is 1.25 bits per heavy atom. The molecule has 0 amide bonds. The van der Waals surface area contributed by atoms with Crippen LogP contribution in [0.1, 0.15) is 32.3 Å². The van der Waals surface area contributed by atoms with Gasteiger partial charge in [0.15, 0.2) is 0 Å². The smallest absolute Gasteiger partial charge is 0.122 e. The van der Waals surface area contributed by atoms with E-state index < -0.39 is 0 Å². The zero-order chi connectivity index (χ0) is 11.8. The second-order valence-corrected chi connectivity index (χ2v) is 4.53. The van der Waals surface area contributed by atoms with E-state index in [-0.39, 0.29) is 0 Å². The van der Waals surface area contributed by atoms with Gasteiger partial charge in [-0.05, 0) is 43.4 Å². The highest BCUT2D eigenvalue weighted by Crippen LogP contribution is 2.18. The third-order valence-corrected chi connectivity index (χ3v) is 2.57. The Morgan fingerprint density at radius 3 is 2.69 bits per heavy atom. The molecule has 1 aromatic carbocycles. The number of rotatable bonds is 7. The van der Waals surface area contributed by atoms with Gasteiger partial charge in [0, 0.05) is 0 Å². The van der Waals surface area contributed by atoms with Crippen molar-refractivity contribution in [1.82, 2.24) is 0 Å². The zero-order valence-electron chi connectivity index (χ0n) is 10.4. The number of ether oxygens (including phenoxy) is 1. The molecular formula is C14H23NO. The molecule has 2 nitrogen and oxygen atoms in total. The van der Waals surface area contributed by atoms with Crippen LogP contribution in [-0.4, -0.2) is 13.2 Å². The maximum atomic E-state index is 5.78. The summed E-state index contributed by atoms with van der Waals surface area (Å²) in [6.07, 6.45) is 3.23. The second kappa shape index (κ2) is 7.29. The van der Waals surface area contributed by atoms with Crippen molar-refractivity contribution >= 4 is 0 Å². The predicted molar refractivity (Wildman–Crippen MR) is 68.8 cm³/mol. The van der Waals surface area contributed by atoms with Crippen molar-refractivity contribution in [3.63, 3.8) is 0 Å². The first-order valence-electron chi connectivity index (χ1n) is 6.14. The van der Waals surface area contributed by atoms with E-state index in [9.17, 15) is 0 Å². The average molecular weight is 221 g/mol. The number of hydrogen-bond donors (Lipinski definition) is 1. The Morgan fingerprint density at radius 2 is 2.00 bits per heavy atom. The van der Waals surface area contributed by atoms with Crippen LogP contribution in [0.5, 0.6) is 5.75 Å². The molecule has 0 saturated carbocycles. The number of benzene rings is 1. The molecular weight excluding hydrogens is 198 g/mol. The molecule has 0 atom stereocenters. The van der Waals surface area contributed by atoms with Crippen molar-refractivity contribution in [2.24, 2.45) is 11.7 Å². The highest BCUT2D eigenvalue weighted by molar-refractivity contribution is 5.33. The first-order valence-corrected chi connectivity index (χ1v) is 6.14. The summed E-state index contributed by atoms with van der Waals surface area (Å²) < 4.78 is 5.78. The summed E-state index contributed by atoms with van der Waals surface area (Å²) in [5.41, 5.74) is 6.79. The Labute approximate surface area is 98.8 Å². The van der Waals surface area contributed by atoms with Crippen molar-refractivity contribution in [3.05, 3.63) is 29.8 Å². The summed E-state index contributed by atoms with van der Waals surface area (Å²) >= 11 is 0.